The summed E-state index contributed by atoms with van der Waals surface area (Å²) in [6.45, 7) is 5.29. The fourth-order valence-corrected chi connectivity index (χ4v) is 1.53. The van der Waals surface area contributed by atoms with Crippen LogP contribution >= 0.6 is 0 Å². The van der Waals surface area contributed by atoms with Gasteiger partial charge >= 0.3 is 6.18 Å². The van der Waals surface area contributed by atoms with Crippen molar-refractivity contribution in [2.24, 2.45) is 0 Å². The van der Waals surface area contributed by atoms with Gasteiger partial charge in [-0.1, -0.05) is 18.2 Å². The summed E-state index contributed by atoms with van der Waals surface area (Å²) < 4.78 is 37.7. The number of alkyl halides is 3. The zero-order valence-corrected chi connectivity index (χ0v) is 11.8. The van der Waals surface area contributed by atoms with Crippen molar-refractivity contribution in [2.75, 3.05) is 20.6 Å². The van der Waals surface area contributed by atoms with Crippen LogP contribution in [0.1, 0.15) is 25.0 Å². The van der Waals surface area contributed by atoms with Crippen LogP contribution < -0.4 is 5.32 Å². The number of hydrogen-bond donors (Lipinski definition) is 1. The molecule has 1 aromatic carbocycles. The summed E-state index contributed by atoms with van der Waals surface area (Å²) in [7, 11) is 3.96. The Hall–Kier alpha value is -1.07. The van der Waals surface area contributed by atoms with E-state index in [1.54, 1.807) is 6.07 Å². The van der Waals surface area contributed by atoms with E-state index in [2.05, 4.69) is 24.1 Å². The molecule has 108 valence electrons. The highest BCUT2D eigenvalue weighted by molar-refractivity contribution is 5.25. The Morgan fingerprint density at radius 1 is 1.16 bits per heavy atom. The number of likely N-dealkylation sites (N-methyl/N-ethyl adjacent to an activating group) is 1. The molecule has 0 aromatic heterocycles. The maximum atomic E-state index is 12.6. The Bertz CT molecular complexity index is 411. The van der Waals surface area contributed by atoms with Gasteiger partial charge in [0.15, 0.2) is 0 Å². The van der Waals surface area contributed by atoms with Gasteiger partial charge in [-0.25, -0.2) is 0 Å². The van der Waals surface area contributed by atoms with Crippen molar-refractivity contribution in [2.45, 2.75) is 32.1 Å². The van der Waals surface area contributed by atoms with Crippen molar-refractivity contribution in [3.05, 3.63) is 35.4 Å². The molecular weight excluding hydrogens is 253 g/mol. The predicted octanol–water partition coefficient (Wildman–Crippen LogP) is 3.14. The molecule has 0 heterocycles. The molecule has 0 aliphatic heterocycles. The molecule has 2 nitrogen and oxygen atoms in total. The van der Waals surface area contributed by atoms with E-state index in [0.29, 0.717) is 18.7 Å². The Kier molecular flexibility index (Phi) is 4.98. The molecule has 1 rings (SSSR count). The number of halogens is 3. The largest absolute Gasteiger partial charge is 0.416 e. The van der Waals surface area contributed by atoms with Gasteiger partial charge in [0.2, 0.25) is 0 Å². The van der Waals surface area contributed by atoms with Crippen LogP contribution in [0.3, 0.4) is 0 Å². The van der Waals surface area contributed by atoms with E-state index in [9.17, 15) is 13.2 Å². The molecular formula is C14H21F3N2. The smallest absolute Gasteiger partial charge is 0.311 e. The minimum Gasteiger partial charge on any atom is -0.311 e. The number of nitrogens with zero attached hydrogens (tertiary/aromatic N) is 1. The zero-order chi connectivity index (χ0) is 14.7. The van der Waals surface area contributed by atoms with Crippen LogP contribution in [0.5, 0.6) is 0 Å². The molecule has 0 unspecified atom stereocenters. The van der Waals surface area contributed by atoms with E-state index in [4.69, 9.17) is 0 Å². The molecule has 0 atom stereocenters. The first-order chi connectivity index (χ1) is 8.63. The van der Waals surface area contributed by atoms with Crippen LogP contribution in [0.4, 0.5) is 13.2 Å². The molecule has 1 N–H and O–H groups in total. The lowest BCUT2D eigenvalue weighted by Gasteiger charge is -2.32. The molecule has 19 heavy (non-hydrogen) atoms. The molecule has 0 fully saturated rings. The predicted molar refractivity (Wildman–Crippen MR) is 70.9 cm³/mol. The molecule has 1 aromatic rings. The van der Waals surface area contributed by atoms with Gasteiger partial charge in [-0.3, -0.25) is 0 Å². The van der Waals surface area contributed by atoms with E-state index in [-0.39, 0.29) is 5.54 Å². The summed E-state index contributed by atoms with van der Waals surface area (Å²) in [5.41, 5.74) is 0.00445. The van der Waals surface area contributed by atoms with Crippen LogP contribution in [0.25, 0.3) is 0 Å². The number of rotatable bonds is 5. The highest BCUT2D eigenvalue weighted by Crippen LogP contribution is 2.29. The van der Waals surface area contributed by atoms with Gasteiger partial charge in [0, 0.05) is 18.6 Å². The summed E-state index contributed by atoms with van der Waals surface area (Å²) in [6, 6.07) is 5.42. The molecule has 5 heteroatoms. The minimum atomic E-state index is -4.28. The summed E-state index contributed by atoms with van der Waals surface area (Å²) >= 11 is 0. The van der Waals surface area contributed by atoms with E-state index >= 15 is 0 Å². The first kappa shape index (κ1) is 16.0. The third-order valence-corrected chi connectivity index (χ3v) is 3.35. The third-order valence-electron chi connectivity index (χ3n) is 3.35. The summed E-state index contributed by atoms with van der Waals surface area (Å²) in [6.07, 6.45) is -4.28. The van der Waals surface area contributed by atoms with Crippen molar-refractivity contribution in [3.8, 4) is 0 Å². The Labute approximate surface area is 112 Å². The van der Waals surface area contributed by atoms with Gasteiger partial charge in [-0.2, -0.15) is 13.2 Å². The lowest BCUT2D eigenvalue weighted by Crippen LogP contribution is -2.46. The van der Waals surface area contributed by atoms with Crippen molar-refractivity contribution >= 4 is 0 Å². The number of benzene rings is 1. The second kappa shape index (κ2) is 5.92. The molecule has 0 aliphatic rings. The molecule has 0 aliphatic carbocycles. The Morgan fingerprint density at radius 3 is 2.32 bits per heavy atom. The van der Waals surface area contributed by atoms with Gasteiger partial charge in [-0.05, 0) is 39.6 Å². The van der Waals surface area contributed by atoms with Crippen LogP contribution in [0.15, 0.2) is 24.3 Å². The lowest BCUT2D eigenvalue weighted by molar-refractivity contribution is -0.137. The molecule has 0 bridgehead atoms. The molecule has 0 amide bonds. The standard InChI is InChI=1S/C14H21F3N2/c1-13(2,19(3)4)10-18-9-11-6-5-7-12(8-11)14(15,16)17/h5-8,18H,9-10H2,1-4H3. The maximum absolute atomic E-state index is 12.6. The van der Waals surface area contributed by atoms with Crippen molar-refractivity contribution in [1.29, 1.82) is 0 Å². The molecule has 0 saturated heterocycles. The normalized spacial score (nSPS) is 13.1. The van der Waals surface area contributed by atoms with E-state index in [0.717, 1.165) is 6.07 Å². The first-order valence-electron chi connectivity index (χ1n) is 6.17. The lowest BCUT2D eigenvalue weighted by atomic mass is 10.0. The third kappa shape index (κ3) is 4.84. The van der Waals surface area contributed by atoms with E-state index in [1.165, 1.54) is 12.1 Å². The highest BCUT2D eigenvalue weighted by atomic mass is 19.4. The van der Waals surface area contributed by atoms with Crippen molar-refractivity contribution < 1.29 is 13.2 Å². The van der Waals surface area contributed by atoms with Gasteiger partial charge in [-0.15, -0.1) is 0 Å². The fourth-order valence-electron chi connectivity index (χ4n) is 1.53. The molecule has 0 radical (unpaired) electrons. The zero-order valence-electron chi connectivity index (χ0n) is 11.8. The second-order valence-electron chi connectivity index (χ2n) is 5.51. The van der Waals surface area contributed by atoms with E-state index in [1.807, 2.05) is 14.1 Å². The Morgan fingerprint density at radius 2 is 1.79 bits per heavy atom. The van der Waals surface area contributed by atoms with Gasteiger partial charge in [0.25, 0.3) is 0 Å². The second-order valence-corrected chi connectivity index (χ2v) is 5.51. The van der Waals surface area contributed by atoms with Gasteiger partial charge in [0.1, 0.15) is 0 Å². The van der Waals surface area contributed by atoms with E-state index < -0.39 is 11.7 Å². The number of hydrogen-bond acceptors (Lipinski definition) is 2. The van der Waals surface area contributed by atoms with Gasteiger partial charge < -0.3 is 10.2 Å². The van der Waals surface area contributed by atoms with Crippen LogP contribution in [0, 0.1) is 0 Å². The first-order valence-corrected chi connectivity index (χ1v) is 6.17. The van der Waals surface area contributed by atoms with Gasteiger partial charge in [0.05, 0.1) is 5.56 Å². The summed E-state index contributed by atoms with van der Waals surface area (Å²) in [4.78, 5) is 2.08. The SMILES string of the molecule is CN(C)C(C)(C)CNCc1cccc(C(F)(F)F)c1. The average Bonchev–Trinajstić information content (AvgIpc) is 2.28. The van der Waals surface area contributed by atoms with Crippen molar-refractivity contribution in [1.82, 2.24) is 10.2 Å². The minimum absolute atomic E-state index is 0.0400. The maximum Gasteiger partial charge on any atom is 0.416 e. The quantitative estimate of drug-likeness (QED) is 0.887. The van der Waals surface area contributed by atoms with Crippen molar-refractivity contribution in [3.63, 3.8) is 0 Å². The summed E-state index contributed by atoms with van der Waals surface area (Å²) in [5.74, 6) is 0. The fraction of sp³-hybridized carbons (Fsp3) is 0.571. The Balaban J connectivity index is 2.60. The number of nitrogens with one attached hydrogen (secondary N) is 1. The van der Waals surface area contributed by atoms with Crippen LogP contribution in [-0.4, -0.2) is 31.1 Å². The monoisotopic (exact) mass is 274 g/mol. The highest BCUT2D eigenvalue weighted by Gasteiger charge is 2.30. The average molecular weight is 274 g/mol. The van der Waals surface area contributed by atoms with Crippen LogP contribution in [0.2, 0.25) is 0 Å². The topological polar surface area (TPSA) is 15.3 Å². The molecule has 0 saturated carbocycles. The molecule has 0 spiro atoms. The summed E-state index contributed by atoms with van der Waals surface area (Å²) in [5, 5.41) is 3.19. The van der Waals surface area contributed by atoms with Crippen LogP contribution in [-0.2, 0) is 12.7 Å².